The number of carbonyl (C=O) groups is 3. The molecule has 0 bridgehead atoms. The lowest BCUT2D eigenvalue weighted by Gasteiger charge is -2.10. The summed E-state index contributed by atoms with van der Waals surface area (Å²) in [5.41, 5.74) is 0.614. The van der Waals surface area contributed by atoms with Gasteiger partial charge in [0.1, 0.15) is 6.04 Å². The Bertz CT molecular complexity index is 513. The van der Waals surface area contributed by atoms with E-state index in [4.69, 9.17) is 16.7 Å². The quantitative estimate of drug-likeness (QED) is 0.472. The van der Waals surface area contributed by atoms with Crippen molar-refractivity contribution in [1.29, 1.82) is 0 Å². The van der Waals surface area contributed by atoms with Crippen molar-refractivity contribution in [3.8, 4) is 0 Å². The van der Waals surface area contributed by atoms with E-state index >= 15 is 0 Å². The molecule has 0 aliphatic heterocycles. The maximum atomic E-state index is 11.7. The van der Waals surface area contributed by atoms with Crippen LogP contribution in [0.25, 0.3) is 0 Å². The second kappa shape index (κ2) is 9.25. The highest BCUT2D eigenvalue weighted by molar-refractivity contribution is 7.99. The summed E-state index contributed by atoms with van der Waals surface area (Å²) in [6, 6.07) is 5.87. The standard InChI is InChI=1S/C13H15ClN2O4S/c14-9-2-1-3-10(6-9)16-12(18)4-5-21-7-11(13(19)20)15-8-17/h1-3,6,8,11H,4-5,7H2,(H,15,17)(H,16,18)(H,19,20). The molecule has 1 aromatic carbocycles. The molecule has 0 fully saturated rings. The summed E-state index contributed by atoms with van der Waals surface area (Å²) in [5, 5.41) is 14.2. The smallest absolute Gasteiger partial charge is 0.327 e. The van der Waals surface area contributed by atoms with E-state index < -0.39 is 12.0 Å². The average Bonchev–Trinajstić information content (AvgIpc) is 2.42. The molecule has 2 amide bonds. The number of benzene rings is 1. The van der Waals surface area contributed by atoms with E-state index in [0.717, 1.165) is 0 Å². The molecule has 0 aliphatic rings. The molecule has 1 rings (SSSR count). The number of carboxylic acid groups (broad SMARTS) is 1. The molecule has 0 radical (unpaired) electrons. The van der Waals surface area contributed by atoms with Gasteiger partial charge in [0.2, 0.25) is 12.3 Å². The molecule has 1 aromatic rings. The topological polar surface area (TPSA) is 95.5 Å². The van der Waals surface area contributed by atoms with Crippen molar-refractivity contribution in [3.05, 3.63) is 29.3 Å². The number of halogens is 1. The van der Waals surface area contributed by atoms with Gasteiger partial charge in [0.05, 0.1) is 0 Å². The van der Waals surface area contributed by atoms with Gasteiger partial charge in [-0.2, -0.15) is 11.8 Å². The SMILES string of the molecule is O=CNC(CSCCC(=O)Nc1cccc(Cl)c1)C(=O)O. The van der Waals surface area contributed by atoms with E-state index in [0.29, 0.717) is 22.9 Å². The van der Waals surface area contributed by atoms with Crippen molar-refractivity contribution < 1.29 is 19.5 Å². The van der Waals surface area contributed by atoms with Gasteiger partial charge in [0.15, 0.2) is 0 Å². The van der Waals surface area contributed by atoms with Crippen LogP contribution in [-0.4, -0.2) is 40.9 Å². The molecule has 6 nitrogen and oxygen atoms in total. The predicted octanol–water partition coefficient (Wildman–Crippen LogP) is 1.60. The molecule has 1 atom stereocenters. The number of amides is 2. The summed E-state index contributed by atoms with van der Waals surface area (Å²) in [4.78, 5) is 32.7. The first-order valence-electron chi connectivity index (χ1n) is 6.08. The number of hydrogen-bond acceptors (Lipinski definition) is 4. The molecular formula is C13H15ClN2O4S. The zero-order valence-corrected chi connectivity index (χ0v) is 12.6. The van der Waals surface area contributed by atoms with Crippen LogP contribution in [0.1, 0.15) is 6.42 Å². The van der Waals surface area contributed by atoms with Gasteiger partial charge in [-0.25, -0.2) is 4.79 Å². The summed E-state index contributed by atoms with van der Waals surface area (Å²) in [6.07, 6.45) is 0.593. The minimum Gasteiger partial charge on any atom is -0.480 e. The third kappa shape index (κ3) is 7.01. The number of hydrogen-bond donors (Lipinski definition) is 3. The molecule has 1 unspecified atom stereocenters. The molecule has 0 aliphatic carbocycles. The Balaban J connectivity index is 2.27. The molecule has 114 valence electrons. The van der Waals surface area contributed by atoms with Crippen LogP contribution in [0.15, 0.2) is 24.3 Å². The van der Waals surface area contributed by atoms with Crippen LogP contribution in [0.4, 0.5) is 5.69 Å². The van der Waals surface area contributed by atoms with Gasteiger partial charge in [0, 0.05) is 28.6 Å². The van der Waals surface area contributed by atoms with Crippen molar-refractivity contribution >= 4 is 47.3 Å². The molecule has 0 saturated carbocycles. The van der Waals surface area contributed by atoms with Gasteiger partial charge in [-0.3, -0.25) is 9.59 Å². The van der Waals surface area contributed by atoms with E-state index in [-0.39, 0.29) is 18.1 Å². The van der Waals surface area contributed by atoms with Crippen LogP contribution >= 0.6 is 23.4 Å². The molecule has 0 saturated heterocycles. The number of aliphatic carboxylic acids is 1. The van der Waals surface area contributed by atoms with Crippen LogP contribution in [0, 0.1) is 0 Å². The lowest BCUT2D eigenvalue weighted by Crippen LogP contribution is -2.37. The molecule has 21 heavy (non-hydrogen) atoms. The van der Waals surface area contributed by atoms with Gasteiger partial charge in [-0.1, -0.05) is 17.7 Å². The van der Waals surface area contributed by atoms with E-state index in [9.17, 15) is 14.4 Å². The minimum atomic E-state index is -1.10. The number of thioether (sulfide) groups is 1. The summed E-state index contributed by atoms with van der Waals surface area (Å²) in [5.74, 6) is -0.618. The van der Waals surface area contributed by atoms with Crippen LogP contribution in [0.3, 0.4) is 0 Å². The normalized spacial score (nSPS) is 11.5. The first kappa shape index (κ1) is 17.3. The molecule has 3 N–H and O–H groups in total. The Labute approximate surface area is 131 Å². The van der Waals surface area contributed by atoms with E-state index in [2.05, 4.69) is 10.6 Å². The monoisotopic (exact) mass is 330 g/mol. The molecular weight excluding hydrogens is 316 g/mol. The fraction of sp³-hybridized carbons (Fsp3) is 0.308. The van der Waals surface area contributed by atoms with E-state index in [1.54, 1.807) is 24.3 Å². The van der Waals surface area contributed by atoms with Crippen molar-refractivity contribution in [2.75, 3.05) is 16.8 Å². The molecule has 0 spiro atoms. The van der Waals surface area contributed by atoms with Crippen LogP contribution in [-0.2, 0) is 14.4 Å². The Kier molecular flexibility index (Phi) is 7.63. The summed E-state index contributed by atoms with van der Waals surface area (Å²) < 4.78 is 0. The zero-order valence-electron chi connectivity index (χ0n) is 11.0. The Morgan fingerprint density at radius 1 is 1.43 bits per heavy atom. The van der Waals surface area contributed by atoms with Gasteiger partial charge in [-0.05, 0) is 18.2 Å². The average molecular weight is 331 g/mol. The highest BCUT2D eigenvalue weighted by Gasteiger charge is 2.15. The molecule has 0 aromatic heterocycles. The number of rotatable bonds is 9. The summed E-state index contributed by atoms with van der Waals surface area (Å²) in [6.45, 7) is 0. The summed E-state index contributed by atoms with van der Waals surface area (Å²) >= 11 is 7.09. The van der Waals surface area contributed by atoms with Crippen LogP contribution in [0.5, 0.6) is 0 Å². The lowest BCUT2D eigenvalue weighted by atomic mass is 10.3. The number of anilines is 1. The van der Waals surface area contributed by atoms with Crippen molar-refractivity contribution in [3.63, 3.8) is 0 Å². The van der Waals surface area contributed by atoms with Crippen molar-refractivity contribution in [2.45, 2.75) is 12.5 Å². The Morgan fingerprint density at radius 2 is 2.19 bits per heavy atom. The van der Waals surface area contributed by atoms with E-state index in [1.165, 1.54) is 11.8 Å². The van der Waals surface area contributed by atoms with Gasteiger partial charge in [0.25, 0.3) is 0 Å². The van der Waals surface area contributed by atoms with Crippen molar-refractivity contribution in [1.82, 2.24) is 5.32 Å². The zero-order chi connectivity index (χ0) is 15.7. The largest absolute Gasteiger partial charge is 0.480 e. The second-order valence-electron chi connectivity index (χ2n) is 4.06. The molecule has 8 heteroatoms. The predicted molar refractivity (Wildman–Crippen MR) is 82.6 cm³/mol. The fourth-order valence-corrected chi connectivity index (χ4v) is 2.59. The number of carbonyl (C=O) groups excluding carboxylic acids is 2. The highest BCUT2D eigenvalue weighted by Crippen LogP contribution is 2.15. The first-order chi connectivity index (χ1) is 10.0. The highest BCUT2D eigenvalue weighted by atomic mass is 35.5. The number of nitrogens with one attached hydrogen (secondary N) is 2. The first-order valence-corrected chi connectivity index (χ1v) is 7.62. The third-order valence-electron chi connectivity index (χ3n) is 2.43. The minimum absolute atomic E-state index is 0.181. The molecule has 0 heterocycles. The van der Waals surface area contributed by atoms with E-state index in [1.807, 2.05) is 0 Å². The van der Waals surface area contributed by atoms with Gasteiger partial charge < -0.3 is 15.7 Å². The Morgan fingerprint density at radius 3 is 2.81 bits per heavy atom. The maximum absolute atomic E-state index is 11.7. The fourth-order valence-electron chi connectivity index (χ4n) is 1.43. The van der Waals surface area contributed by atoms with Gasteiger partial charge >= 0.3 is 5.97 Å². The maximum Gasteiger partial charge on any atom is 0.327 e. The second-order valence-corrected chi connectivity index (χ2v) is 5.65. The third-order valence-corrected chi connectivity index (χ3v) is 3.73. The van der Waals surface area contributed by atoms with Crippen LogP contribution < -0.4 is 10.6 Å². The summed E-state index contributed by atoms with van der Waals surface area (Å²) in [7, 11) is 0. The Hall–Kier alpha value is -1.73. The van der Waals surface area contributed by atoms with Gasteiger partial charge in [-0.15, -0.1) is 0 Å². The van der Waals surface area contributed by atoms with Crippen molar-refractivity contribution in [2.24, 2.45) is 0 Å². The van der Waals surface area contributed by atoms with Crippen LogP contribution in [0.2, 0.25) is 5.02 Å². The number of carboxylic acids is 1. The lowest BCUT2D eigenvalue weighted by molar-refractivity contribution is -0.139.